The number of halogens is 1. The Labute approximate surface area is 116 Å². The van der Waals surface area contributed by atoms with Crippen molar-refractivity contribution in [2.24, 2.45) is 0 Å². The van der Waals surface area contributed by atoms with E-state index >= 15 is 0 Å². The van der Waals surface area contributed by atoms with Gasteiger partial charge in [-0.05, 0) is 31.2 Å². The van der Waals surface area contributed by atoms with Crippen LogP contribution in [-0.2, 0) is 14.3 Å². The molecule has 2 rings (SSSR count). The molecule has 1 heterocycles. The minimum atomic E-state index is -1.16. The van der Waals surface area contributed by atoms with Crippen LogP contribution < -0.4 is 4.74 Å². The Bertz CT molecular complexity index is 538. The Hall–Kier alpha value is -1.52. The van der Waals surface area contributed by atoms with E-state index in [1.807, 2.05) is 0 Å². The second-order valence-electron chi connectivity index (χ2n) is 4.21. The number of ether oxygens (including phenoxy) is 3. The van der Waals surface area contributed by atoms with Crippen molar-refractivity contribution in [2.75, 3.05) is 13.7 Å². The molecule has 0 radical (unpaired) electrons. The Morgan fingerprint density at radius 2 is 2.21 bits per heavy atom. The Balaban J connectivity index is 2.49. The molecule has 0 fully saturated rings. The van der Waals surface area contributed by atoms with Crippen LogP contribution in [0.1, 0.15) is 19.4 Å². The molecule has 5 heteroatoms. The number of benzene rings is 1. The maximum Gasteiger partial charge on any atom is 0.340 e. The van der Waals surface area contributed by atoms with Crippen LogP contribution in [0.3, 0.4) is 0 Å². The summed E-state index contributed by atoms with van der Waals surface area (Å²) in [6, 6.07) is 5.19. The highest BCUT2D eigenvalue weighted by molar-refractivity contribution is 6.30. The quantitative estimate of drug-likeness (QED) is 0.800. The molecule has 19 heavy (non-hydrogen) atoms. The minimum absolute atomic E-state index is 0.290. The minimum Gasteiger partial charge on any atom is -0.462 e. The summed E-state index contributed by atoms with van der Waals surface area (Å²) in [6.45, 7) is 3.71. The van der Waals surface area contributed by atoms with Gasteiger partial charge in [0.05, 0.1) is 6.61 Å². The number of carbonyl (C=O) groups is 1. The van der Waals surface area contributed by atoms with Gasteiger partial charge in [0.1, 0.15) is 11.3 Å². The van der Waals surface area contributed by atoms with E-state index in [0.29, 0.717) is 23.0 Å². The molecule has 1 atom stereocenters. The number of fused-ring (bicyclic) bond motifs is 1. The molecule has 1 aromatic carbocycles. The Kier molecular flexibility index (Phi) is 3.83. The molecule has 1 unspecified atom stereocenters. The van der Waals surface area contributed by atoms with Crippen molar-refractivity contribution in [2.45, 2.75) is 19.6 Å². The third kappa shape index (κ3) is 2.60. The highest BCUT2D eigenvalue weighted by atomic mass is 35.5. The fourth-order valence-electron chi connectivity index (χ4n) is 1.88. The fourth-order valence-corrected chi connectivity index (χ4v) is 2.06. The summed E-state index contributed by atoms with van der Waals surface area (Å²) < 4.78 is 16.1. The van der Waals surface area contributed by atoms with E-state index in [2.05, 4.69) is 0 Å². The molecule has 0 N–H and O–H groups in total. The van der Waals surface area contributed by atoms with Crippen LogP contribution in [0.4, 0.5) is 0 Å². The molecule has 0 aliphatic carbocycles. The molecule has 0 amide bonds. The van der Waals surface area contributed by atoms with Crippen molar-refractivity contribution in [3.63, 3.8) is 0 Å². The molecule has 0 saturated heterocycles. The van der Waals surface area contributed by atoms with Crippen molar-refractivity contribution >= 4 is 23.6 Å². The van der Waals surface area contributed by atoms with Gasteiger partial charge in [-0.3, -0.25) is 0 Å². The zero-order valence-electron chi connectivity index (χ0n) is 11.0. The van der Waals surface area contributed by atoms with Crippen LogP contribution >= 0.6 is 11.6 Å². The maximum absolute atomic E-state index is 12.0. The number of hydrogen-bond acceptors (Lipinski definition) is 4. The molecule has 1 aromatic rings. The number of carbonyl (C=O) groups excluding carboxylic acids is 1. The molecule has 1 aliphatic heterocycles. The normalized spacial score (nSPS) is 21.2. The predicted octanol–water partition coefficient (Wildman–Crippen LogP) is 3.04. The van der Waals surface area contributed by atoms with Crippen molar-refractivity contribution in [1.82, 2.24) is 0 Å². The van der Waals surface area contributed by atoms with Gasteiger partial charge in [0.15, 0.2) is 0 Å². The van der Waals surface area contributed by atoms with E-state index in [1.165, 1.54) is 7.11 Å². The number of esters is 1. The standard InChI is InChI=1S/C14H15ClO4/c1-4-18-13(16)11-8-9-7-10(15)5-6-12(9)19-14(11,2)17-3/h5-8H,4H2,1-3H3. The van der Waals surface area contributed by atoms with Crippen LogP contribution in [0.2, 0.25) is 5.02 Å². The van der Waals surface area contributed by atoms with E-state index < -0.39 is 11.8 Å². The maximum atomic E-state index is 12.0. The van der Waals surface area contributed by atoms with Gasteiger partial charge in [0.25, 0.3) is 0 Å². The summed E-state index contributed by atoms with van der Waals surface area (Å²) in [6.07, 6.45) is 1.69. The van der Waals surface area contributed by atoms with Gasteiger partial charge < -0.3 is 14.2 Å². The largest absolute Gasteiger partial charge is 0.462 e. The SMILES string of the molecule is CCOC(=O)C1=Cc2cc(Cl)ccc2OC1(C)OC. The van der Waals surface area contributed by atoms with Crippen LogP contribution in [0.15, 0.2) is 23.8 Å². The fraction of sp³-hybridized carbons (Fsp3) is 0.357. The van der Waals surface area contributed by atoms with E-state index in [9.17, 15) is 4.79 Å². The summed E-state index contributed by atoms with van der Waals surface area (Å²) in [7, 11) is 1.48. The highest BCUT2D eigenvalue weighted by Gasteiger charge is 2.40. The van der Waals surface area contributed by atoms with E-state index in [1.54, 1.807) is 38.1 Å². The van der Waals surface area contributed by atoms with Gasteiger partial charge in [0.2, 0.25) is 5.79 Å². The summed E-state index contributed by atoms with van der Waals surface area (Å²) in [5.74, 6) is -1.01. The number of rotatable bonds is 3. The van der Waals surface area contributed by atoms with E-state index in [4.69, 9.17) is 25.8 Å². The van der Waals surface area contributed by atoms with Crippen LogP contribution in [0.5, 0.6) is 5.75 Å². The first kappa shape index (κ1) is 13.9. The topological polar surface area (TPSA) is 44.8 Å². The van der Waals surface area contributed by atoms with Crippen molar-refractivity contribution in [3.05, 3.63) is 34.4 Å². The first-order valence-corrected chi connectivity index (χ1v) is 6.31. The third-order valence-electron chi connectivity index (χ3n) is 2.95. The molecular formula is C14H15ClO4. The van der Waals surface area contributed by atoms with E-state index in [0.717, 1.165) is 5.56 Å². The van der Waals surface area contributed by atoms with Gasteiger partial charge in [-0.2, -0.15) is 0 Å². The van der Waals surface area contributed by atoms with Crippen LogP contribution in [0, 0.1) is 0 Å². The van der Waals surface area contributed by atoms with Gasteiger partial charge in [-0.15, -0.1) is 0 Å². The van der Waals surface area contributed by atoms with E-state index in [-0.39, 0.29) is 0 Å². The zero-order chi connectivity index (χ0) is 14.0. The van der Waals surface area contributed by atoms with Crippen molar-refractivity contribution in [3.8, 4) is 5.75 Å². The highest BCUT2D eigenvalue weighted by Crippen LogP contribution is 2.37. The molecule has 0 saturated carbocycles. The number of hydrogen-bond donors (Lipinski definition) is 0. The van der Waals surface area contributed by atoms with Crippen LogP contribution in [0.25, 0.3) is 6.08 Å². The lowest BCUT2D eigenvalue weighted by Crippen LogP contribution is -2.42. The second-order valence-corrected chi connectivity index (χ2v) is 4.65. The molecule has 1 aliphatic rings. The lowest BCUT2D eigenvalue weighted by molar-refractivity contribution is -0.155. The first-order valence-electron chi connectivity index (χ1n) is 5.93. The first-order chi connectivity index (χ1) is 9.00. The molecule has 4 nitrogen and oxygen atoms in total. The number of methoxy groups -OCH3 is 1. The van der Waals surface area contributed by atoms with Gasteiger partial charge in [0, 0.05) is 24.6 Å². The van der Waals surface area contributed by atoms with Crippen molar-refractivity contribution < 1.29 is 19.0 Å². The lowest BCUT2D eigenvalue weighted by atomic mass is 10.00. The average Bonchev–Trinajstić information content (AvgIpc) is 2.39. The monoisotopic (exact) mass is 282 g/mol. The van der Waals surface area contributed by atoms with Gasteiger partial charge >= 0.3 is 5.97 Å². The smallest absolute Gasteiger partial charge is 0.340 e. The van der Waals surface area contributed by atoms with Crippen LogP contribution in [-0.4, -0.2) is 25.5 Å². The predicted molar refractivity (Wildman–Crippen MR) is 72.1 cm³/mol. The summed E-state index contributed by atoms with van der Waals surface area (Å²) in [5, 5.41) is 0.572. The molecule has 0 bridgehead atoms. The molecule has 102 valence electrons. The average molecular weight is 283 g/mol. The van der Waals surface area contributed by atoms with Crippen molar-refractivity contribution in [1.29, 1.82) is 0 Å². The molecule has 0 spiro atoms. The summed E-state index contributed by atoms with van der Waals surface area (Å²) in [5.41, 5.74) is 1.04. The second kappa shape index (κ2) is 5.23. The molecular weight excluding hydrogens is 268 g/mol. The third-order valence-corrected chi connectivity index (χ3v) is 3.19. The lowest BCUT2D eigenvalue weighted by Gasteiger charge is -2.34. The Morgan fingerprint density at radius 3 is 2.84 bits per heavy atom. The zero-order valence-corrected chi connectivity index (χ0v) is 11.8. The summed E-state index contributed by atoms with van der Waals surface area (Å²) >= 11 is 5.94. The van der Waals surface area contributed by atoms with Gasteiger partial charge in [-0.1, -0.05) is 11.6 Å². The summed E-state index contributed by atoms with van der Waals surface area (Å²) in [4.78, 5) is 12.0. The molecule has 0 aromatic heterocycles. The van der Waals surface area contributed by atoms with Gasteiger partial charge in [-0.25, -0.2) is 4.79 Å². The Morgan fingerprint density at radius 1 is 1.47 bits per heavy atom.